The highest BCUT2D eigenvalue weighted by Crippen LogP contribution is 2.27. The summed E-state index contributed by atoms with van der Waals surface area (Å²) in [5.41, 5.74) is 3.45. The molecule has 0 spiro atoms. The third kappa shape index (κ3) is 5.07. The highest BCUT2D eigenvalue weighted by molar-refractivity contribution is 7.59. The van der Waals surface area contributed by atoms with E-state index in [9.17, 15) is 9.18 Å². The average molecular weight is 481 g/mol. The number of hydrogen-bond acceptors (Lipinski definition) is 7. The van der Waals surface area contributed by atoms with Gasteiger partial charge in [-0.05, 0) is 17.7 Å². The van der Waals surface area contributed by atoms with Crippen molar-refractivity contribution in [2.24, 2.45) is 0 Å². The van der Waals surface area contributed by atoms with Crippen LogP contribution in [0.25, 0.3) is 22.2 Å². The van der Waals surface area contributed by atoms with Crippen LogP contribution in [0.4, 0.5) is 10.2 Å². The minimum atomic E-state index is -0.559. The van der Waals surface area contributed by atoms with Crippen LogP contribution in [-0.4, -0.2) is 46.5 Å². The van der Waals surface area contributed by atoms with Crippen molar-refractivity contribution in [3.8, 4) is 17.1 Å². The highest BCUT2D eigenvalue weighted by Gasteiger charge is 2.15. The molecule has 0 unspecified atom stereocenters. The molecule has 0 fully saturated rings. The number of aromatic nitrogens is 4. The Morgan fingerprint density at radius 2 is 1.97 bits per heavy atom. The summed E-state index contributed by atoms with van der Waals surface area (Å²) in [5, 5.41) is 6.78. The zero-order valence-corrected chi connectivity index (χ0v) is 20.0. The fraction of sp³-hybridized carbons (Fsp3) is 0.208. The molecule has 34 heavy (non-hydrogen) atoms. The van der Waals surface area contributed by atoms with Crippen LogP contribution in [0, 0.1) is 5.82 Å². The first-order chi connectivity index (χ1) is 16.0. The maximum absolute atomic E-state index is 14.0. The van der Waals surface area contributed by atoms with Crippen LogP contribution >= 0.6 is 13.5 Å². The summed E-state index contributed by atoms with van der Waals surface area (Å²) in [4.78, 5) is 29.2. The molecule has 0 aliphatic heterocycles. The minimum absolute atomic E-state index is 0. The minimum Gasteiger partial charge on any atom is -0.479 e. The number of hydrogen-bond donors (Lipinski definition) is 2. The summed E-state index contributed by atoms with van der Waals surface area (Å²) >= 11 is 0. The third-order valence-corrected chi connectivity index (χ3v) is 5.36. The molecule has 3 heterocycles. The Balaban J connectivity index is 0.00000324. The van der Waals surface area contributed by atoms with Crippen molar-refractivity contribution < 1.29 is 13.9 Å². The molecule has 0 bridgehead atoms. The summed E-state index contributed by atoms with van der Waals surface area (Å²) in [7, 11) is 2.97. The molecular formula is C24H25FN6O2S. The second-order valence-electron chi connectivity index (χ2n) is 7.47. The molecule has 176 valence electrons. The fourth-order valence-corrected chi connectivity index (χ4v) is 3.62. The Morgan fingerprint density at radius 3 is 2.71 bits per heavy atom. The van der Waals surface area contributed by atoms with Crippen molar-refractivity contribution in [3.63, 3.8) is 0 Å². The van der Waals surface area contributed by atoms with E-state index in [2.05, 4.69) is 37.5 Å². The van der Waals surface area contributed by atoms with Gasteiger partial charge >= 0.3 is 0 Å². The molecule has 4 aromatic rings. The number of carbonyl (C=O) groups is 1. The molecule has 1 atom stereocenters. The van der Waals surface area contributed by atoms with Gasteiger partial charge in [-0.15, -0.1) is 0 Å². The normalized spacial score (nSPS) is 11.4. The third-order valence-electron chi connectivity index (χ3n) is 5.36. The van der Waals surface area contributed by atoms with Gasteiger partial charge in [-0.25, -0.2) is 19.3 Å². The van der Waals surface area contributed by atoms with Crippen LogP contribution < -0.4 is 15.4 Å². The number of rotatable bonds is 7. The number of carbonyl (C=O) groups excluding carboxylic acids is 1. The van der Waals surface area contributed by atoms with E-state index in [1.54, 1.807) is 25.4 Å². The Labute approximate surface area is 203 Å². The molecule has 0 saturated heterocycles. The lowest BCUT2D eigenvalue weighted by Gasteiger charge is -2.16. The molecule has 0 radical (unpaired) electrons. The van der Waals surface area contributed by atoms with E-state index in [0.717, 1.165) is 16.5 Å². The number of ether oxygens (including phenoxy) is 1. The summed E-state index contributed by atoms with van der Waals surface area (Å²) in [6, 6.07) is 10.6. The van der Waals surface area contributed by atoms with Gasteiger partial charge in [0.15, 0.2) is 5.82 Å². The van der Waals surface area contributed by atoms with E-state index >= 15 is 0 Å². The molecule has 10 heteroatoms. The van der Waals surface area contributed by atoms with E-state index < -0.39 is 5.82 Å². The van der Waals surface area contributed by atoms with E-state index in [0.29, 0.717) is 29.2 Å². The smallest absolute Gasteiger partial charge is 0.251 e. The molecule has 2 N–H and O–H groups in total. The van der Waals surface area contributed by atoms with Gasteiger partial charge in [0.2, 0.25) is 5.88 Å². The molecule has 4 rings (SSSR count). The van der Waals surface area contributed by atoms with Crippen molar-refractivity contribution in [2.75, 3.05) is 26.0 Å². The molecule has 8 nitrogen and oxygen atoms in total. The molecule has 1 aromatic carbocycles. The summed E-state index contributed by atoms with van der Waals surface area (Å²) < 4.78 is 18.9. The number of anilines is 1. The predicted octanol–water partition coefficient (Wildman–Crippen LogP) is 3.92. The first-order valence-corrected chi connectivity index (χ1v) is 10.4. The van der Waals surface area contributed by atoms with Crippen LogP contribution in [0.2, 0.25) is 0 Å². The maximum Gasteiger partial charge on any atom is 0.251 e. The fourth-order valence-electron chi connectivity index (χ4n) is 3.62. The van der Waals surface area contributed by atoms with Crippen molar-refractivity contribution in [3.05, 3.63) is 72.1 Å². The number of nitrogens with zero attached hydrogens (tertiary/aromatic N) is 4. The zero-order valence-electron chi connectivity index (χ0n) is 19.0. The maximum atomic E-state index is 14.0. The van der Waals surface area contributed by atoms with Crippen LogP contribution in [-0.2, 0) is 0 Å². The van der Waals surface area contributed by atoms with Crippen LogP contribution in [0.15, 0.2) is 55.1 Å². The van der Waals surface area contributed by atoms with Gasteiger partial charge in [0.05, 0.1) is 23.9 Å². The lowest BCUT2D eigenvalue weighted by molar-refractivity contribution is 0.0964. The Kier molecular flexibility index (Phi) is 7.95. The number of benzene rings is 1. The van der Waals surface area contributed by atoms with E-state index in [1.165, 1.54) is 25.7 Å². The Morgan fingerprint density at radius 1 is 1.15 bits per heavy atom. The van der Waals surface area contributed by atoms with Crippen molar-refractivity contribution >= 4 is 36.1 Å². The molecule has 0 aliphatic carbocycles. The quantitative estimate of drug-likeness (QED) is 0.413. The summed E-state index contributed by atoms with van der Waals surface area (Å²) in [5.74, 6) is -0.107. The number of nitrogens with one attached hydrogen (secondary N) is 2. The number of para-hydroxylation sites is 1. The van der Waals surface area contributed by atoms with Gasteiger partial charge < -0.3 is 15.4 Å². The molecule has 3 aromatic heterocycles. The Bertz CT molecular complexity index is 1320. The molecule has 0 saturated carbocycles. The number of fused-ring (bicyclic) bond motifs is 1. The molecule has 0 aliphatic rings. The van der Waals surface area contributed by atoms with E-state index in [-0.39, 0.29) is 31.2 Å². The lowest BCUT2D eigenvalue weighted by atomic mass is 9.96. The summed E-state index contributed by atoms with van der Waals surface area (Å²) in [6.07, 6.45) is 4.57. The van der Waals surface area contributed by atoms with Crippen LogP contribution in [0.5, 0.6) is 5.88 Å². The number of halogens is 1. The lowest BCUT2D eigenvalue weighted by Crippen LogP contribution is -2.18. The van der Waals surface area contributed by atoms with Gasteiger partial charge in [-0.2, -0.15) is 13.5 Å². The highest BCUT2D eigenvalue weighted by atomic mass is 32.1. The van der Waals surface area contributed by atoms with Crippen LogP contribution in [0.3, 0.4) is 0 Å². The van der Waals surface area contributed by atoms with Gasteiger partial charge in [-0.3, -0.25) is 9.78 Å². The standard InChI is InChI=1S/C24H23FN6O2.H2S/c1-14(16-5-4-6-17-18(23(32)26-2)7-8-27-22(16)17)11-28-21-10-20(30-13-31-21)15-9-19(25)24(33-3)29-12-15;/h4-10,12-14H,11H2,1-3H3,(H,26,32)(H,28,30,31);1H2/t14-;/m1./s1. The molecular weight excluding hydrogens is 455 g/mol. The molecule has 1 amide bonds. The number of methoxy groups -OCH3 is 1. The van der Waals surface area contributed by atoms with E-state index in [1.807, 2.05) is 18.2 Å². The van der Waals surface area contributed by atoms with Gasteiger partial charge in [0.1, 0.15) is 12.1 Å². The largest absolute Gasteiger partial charge is 0.479 e. The van der Waals surface area contributed by atoms with Gasteiger partial charge in [-0.1, -0.05) is 25.1 Å². The van der Waals surface area contributed by atoms with Gasteiger partial charge in [0.25, 0.3) is 5.91 Å². The second-order valence-corrected chi connectivity index (χ2v) is 7.47. The Hall–Kier alpha value is -3.79. The summed E-state index contributed by atoms with van der Waals surface area (Å²) in [6.45, 7) is 2.64. The van der Waals surface area contributed by atoms with Gasteiger partial charge in [0, 0.05) is 48.9 Å². The topological polar surface area (TPSA) is 102 Å². The average Bonchev–Trinajstić information content (AvgIpc) is 2.86. The van der Waals surface area contributed by atoms with Crippen molar-refractivity contribution in [2.45, 2.75) is 12.8 Å². The van der Waals surface area contributed by atoms with Crippen LogP contribution in [0.1, 0.15) is 28.8 Å². The van der Waals surface area contributed by atoms with Crippen molar-refractivity contribution in [1.29, 1.82) is 0 Å². The first-order valence-electron chi connectivity index (χ1n) is 10.4. The zero-order chi connectivity index (χ0) is 23.4. The monoisotopic (exact) mass is 480 g/mol. The van der Waals surface area contributed by atoms with E-state index in [4.69, 9.17) is 4.74 Å². The second kappa shape index (κ2) is 10.9. The number of amides is 1. The first kappa shape index (κ1) is 24.8. The SMILES string of the molecule is CNC(=O)c1ccnc2c([C@H](C)CNc3cc(-c4cnc(OC)c(F)c4)ncn3)cccc12.S. The predicted molar refractivity (Wildman–Crippen MR) is 134 cm³/mol. The number of pyridine rings is 2. The van der Waals surface area contributed by atoms with Crippen molar-refractivity contribution in [1.82, 2.24) is 25.3 Å².